The van der Waals surface area contributed by atoms with Gasteiger partial charge in [-0.3, -0.25) is 9.59 Å². The lowest BCUT2D eigenvalue weighted by Gasteiger charge is -2.23. The van der Waals surface area contributed by atoms with Gasteiger partial charge in [0.25, 0.3) is 5.91 Å². The maximum atomic E-state index is 12.5. The first kappa shape index (κ1) is 18.8. The molecule has 2 aromatic heterocycles. The van der Waals surface area contributed by atoms with Crippen LogP contribution in [0.25, 0.3) is 17.1 Å². The van der Waals surface area contributed by atoms with Crippen molar-refractivity contribution in [3.05, 3.63) is 42.2 Å². The Bertz CT molecular complexity index is 1030. The predicted octanol–water partition coefficient (Wildman–Crippen LogP) is 1.44. The fourth-order valence-electron chi connectivity index (χ4n) is 3.66. The summed E-state index contributed by atoms with van der Waals surface area (Å²) in [5.41, 5.74) is 1.74. The summed E-state index contributed by atoms with van der Waals surface area (Å²) in [6, 6.07) is 6.88. The fraction of sp³-hybridized carbons (Fsp3) is 0.368. The Hall–Kier alpha value is -3.56. The van der Waals surface area contributed by atoms with Crippen molar-refractivity contribution in [3.8, 4) is 17.1 Å². The minimum absolute atomic E-state index is 0.147. The number of carbonyl (C=O) groups is 2. The zero-order valence-corrected chi connectivity index (χ0v) is 15.9. The van der Waals surface area contributed by atoms with E-state index >= 15 is 0 Å². The Kier molecular flexibility index (Phi) is 4.83. The zero-order valence-electron chi connectivity index (χ0n) is 15.9. The van der Waals surface area contributed by atoms with Crippen molar-refractivity contribution in [2.24, 2.45) is 12.5 Å². The number of aliphatic carboxylic acids is 1. The largest absolute Gasteiger partial charge is 0.481 e. The Morgan fingerprint density at radius 1 is 1.17 bits per heavy atom. The van der Waals surface area contributed by atoms with Gasteiger partial charge < -0.3 is 10.4 Å². The topological polar surface area (TPSA) is 128 Å². The van der Waals surface area contributed by atoms with Gasteiger partial charge in [-0.05, 0) is 37.1 Å². The van der Waals surface area contributed by atoms with Crippen molar-refractivity contribution in [1.82, 2.24) is 35.3 Å². The summed E-state index contributed by atoms with van der Waals surface area (Å²) < 4.78 is 3.21. The highest BCUT2D eigenvalue weighted by atomic mass is 16.4. The summed E-state index contributed by atoms with van der Waals surface area (Å²) in [7, 11) is 1.77. The second-order valence-electron chi connectivity index (χ2n) is 7.31. The number of carboxylic acids is 1. The number of benzene rings is 1. The van der Waals surface area contributed by atoms with E-state index in [1.165, 1.54) is 0 Å². The first-order chi connectivity index (χ1) is 14.0. The third kappa shape index (κ3) is 3.60. The molecule has 150 valence electrons. The number of nitrogens with one attached hydrogen (secondary N) is 1. The Morgan fingerprint density at radius 3 is 2.52 bits per heavy atom. The predicted molar refractivity (Wildman–Crippen MR) is 102 cm³/mol. The van der Waals surface area contributed by atoms with Crippen molar-refractivity contribution < 1.29 is 14.7 Å². The van der Waals surface area contributed by atoms with Crippen LogP contribution in [0.2, 0.25) is 0 Å². The van der Waals surface area contributed by atoms with Gasteiger partial charge in [-0.15, -0.1) is 10.2 Å². The highest BCUT2D eigenvalue weighted by Crippen LogP contribution is 2.37. The Balaban J connectivity index is 1.44. The van der Waals surface area contributed by atoms with Crippen molar-refractivity contribution in [2.75, 3.05) is 6.54 Å². The quantitative estimate of drug-likeness (QED) is 0.646. The van der Waals surface area contributed by atoms with Crippen LogP contribution in [0, 0.1) is 5.41 Å². The molecule has 3 aromatic rings. The highest BCUT2D eigenvalue weighted by Gasteiger charge is 2.41. The van der Waals surface area contributed by atoms with Crippen LogP contribution in [0.4, 0.5) is 0 Å². The van der Waals surface area contributed by atoms with Gasteiger partial charge in [0.1, 0.15) is 11.4 Å². The molecule has 0 unspecified atom stereocenters. The number of aryl methyl sites for hydroxylation is 1. The average Bonchev–Trinajstić information content (AvgIpc) is 3.47. The summed E-state index contributed by atoms with van der Waals surface area (Å²) in [6.07, 6.45) is 6.32. The van der Waals surface area contributed by atoms with E-state index in [1.807, 2.05) is 0 Å². The van der Waals surface area contributed by atoms with Gasteiger partial charge >= 0.3 is 5.97 Å². The van der Waals surface area contributed by atoms with Gasteiger partial charge in [-0.2, -0.15) is 0 Å². The van der Waals surface area contributed by atoms with Crippen LogP contribution in [-0.4, -0.2) is 53.5 Å². The smallest absolute Gasteiger partial charge is 0.311 e. The van der Waals surface area contributed by atoms with Crippen LogP contribution in [0.5, 0.6) is 0 Å². The van der Waals surface area contributed by atoms with E-state index in [1.54, 1.807) is 53.1 Å². The van der Waals surface area contributed by atoms with Crippen molar-refractivity contribution in [2.45, 2.75) is 25.7 Å². The van der Waals surface area contributed by atoms with E-state index < -0.39 is 11.4 Å². The van der Waals surface area contributed by atoms with Crippen LogP contribution in [0.3, 0.4) is 0 Å². The van der Waals surface area contributed by atoms with Crippen LogP contribution >= 0.6 is 0 Å². The molecule has 0 saturated heterocycles. The van der Waals surface area contributed by atoms with Gasteiger partial charge in [0.15, 0.2) is 0 Å². The molecule has 0 atom stereocenters. The molecular formula is C19H21N7O3. The number of rotatable bonds is 6. The van der Waals surface area contributed by atoms with E-state index in [4.69, 9.17) is 0 Å². The molecule has 4 rings (SSSR count). The van der Waals surface area contributed by atoms with Crippen LogP contribution in [-0.2, 0) is 11.8 Å². The van der Waals surface area contributed by atoms with Crippen molar-refractivity contribution in [3.63, 3.8) is 0 Å². The van der Waals surface area contributed by atoms with Crippen molar-refractivity contribution in [1.29, 1.82) is 0 Å². The summed E-state index contributed by atoms with van der Waals surface area (Å²) in [5.74, 6) is -1.12. The van der Waals surface area contributed by atoms with Gasteiger partial charge in [-0.25, -0.2) is 9.36 Å². The van der Waals surface area contributed by atoms with E-state index in [2.05, 4.69) is 25.9 Å². The van der Waals surface area contributed by atoms with Gasteiger partial charge in [0, 0.05) is 19.2 Å². The van der Waals surface area contributed by atoms with E-state index in [-0.39, 0.29) is 12.5 Å². The molecule has 0 aliphatic heterocycles. The van der Waals surface area contributed by atoms with Gasteiger partial charge in [-0.1, -0.05) is 23.3 Å². The summed E-state index contributed by atoms with van der Waals surface area (Å²) in [5, 5.41) is 28.2. The molecule has 0 radical (unpaired) electrons. The lowest BCUT2D eigenvalue weighted by molar-refractivity contribution is -0.148. The minimum Gasteiger partial charge on any atom is -0.481 e. The van der Waals surface area contributed by atoms with E-state index in [9.17, 15) is 14.7 Å². The van der Waals surface area contributed by atoms with E-state index in [0.717, 1.165) is 24.2 Å². The lowest BCUT2D eigenvalue weighted by atomic mass is 9.86. The van der Waals surface area contributed by atoms with Gasteiger partial charge in [0.2, 0.25) is 0 Å². The number of amides is 1. The molecule has 1 saturated carbocycles. The molecule has 2 heterocycles. The molecule has 1 fully saturated rings. The Morgan fingerprint density at radius 2 is 1.90 bits per heavy atom. The molecule has 2 N–H and O–H groups in total. The average molecular weight is 395 g/mol. The van der Waals surface area contributed by atoms with Crippen molar-refractivity contribution >= 4 is 11.9 Å². The molecule has 29 heavy (non-hydrogen) atoms. The van der Waals surface area contributed by atoms with Crippen LogP contribution in [0.15, 0.2) is 36.7 Å². The number of hydrogen-bond acceptors (Lipinski definition) is 6. The maximum absolute atomic E-state index is 12.5. The van der Waals surface area contributed by atoms with Crippen LogP contribution < -0.4 is 5.32 Å². The fourth-order valence-corrected chi connectivity index (χ4v) is 3.66. The number of hydrogen-bond donors (Lipinski definition) is 2. The normalized spacial score (nSPS) is 15.3. The van der Waals surface area contributed by atoms with E-state index in [0.29, 0.717) is 24.1 Å². The summed E-state index contributed by atoms with van der Waals surface area (Å²) in [6.45, 7) is 0.147. The third-order valence-corrected chi connectivity index (χ3v) is 5.47. The Labute approximate surface area is 166 Å². The standard InChI is InChI=1S/C19H21N7O3/c1-25-16(10-21-23-25)15-11-26(24-22-15)14-6-4-13(5-7-14)17(27)20-12-19(18(28)29)8-2-3-9-19/h4-7,10-11H,2-3,8-9,12H2,1H3,(H,20,27)(H,28,29). The molecule has 0 bridgehead atoms. The molecular weight excluding hydrogens is 374 g/mol. The lowest BCUT2D eigenvalue weighted by Crippen LogP contribution is -2.41. The molecule has 10 heteroatoms. The second-order valence-corrected chi connectivity index (χ2v) is 7.31. The van der Waals surface area contributed by atoms with Crippen LogP contribution in [0.1, 0.15) is 36.0 Å². The molecule has 1 aromatic carbocycles. The number of carbonyl (C=O) groups excluding carboxylic acids is 1. The third-order valence-electron chi connectivity index (χ3n) is 5.47. The number of aromatic nitrogens is 6. The number of nitrogens with zero attached hydrogens (tertiary/aromatic N) is 6. The molecule has 10 nitrogen and oxygen atoms in total. The minimum atomic E-state index is -0.840. The van der Waals surface area contributed by atoms with Gasteiger partial charge in [0.05, 0.1) is 23.5 Å². The molecule has 1 aliphatic carbocycles. The summed E-state index contributed by atoms with van der Waals surface area (Å²) >= 11 is 0. The summed E-state index contributed by atoms with van der Waals surface area (Å²) in [4.78, 5) is 24.1. The zero-order chi connectivity index (χ0) is 20.4. The monoisotopic (exact) mass is 395 g/mol. The SMILES string of the molecule is Cn1nncc1-c1cn(-c2ccc(C(=O)NCC3(C(=O)O)CCCC3)cc2)nn1. The number of carboxylic acid groups (broad SMARTS) is 1. The second kappa shape index (κ2) is 7.46. The molecule has 1 amide bonds. The molecule has 1 aliphatic rings. The maximum Gasteiger partial charge on any atom is 0.311 e. The molecule has 0 spiro atoms. The highest BCUT2D eigenvalue weighted by molar-refractivity contribution is 5.94. The first-order valence-corrected chi connectivity index (χ1v) is 9.38. The first-order valence-electron chi connectivity index (χ1n) is 9.38.